The molecule has 5 heteroatoms. The van der Waals surface area contributed by atoms with Gasteiger partial charge in [0.05, 0.1) is 0 Å². The second-order valence-electron chi connectivity index (χ2n) is 2.48. The Labute approximate surface area is 72.4 Å². The van der Waals surface area contributed by atoms with Crippen molar-refractivity contribution in [1.29, 1.82) is 0 Å². The van der Waals surface area contributed by atoms with Crippen LogP contribution >= 0.6 is 0 Å². The van der Waals surface area contributed by atoms with E-state index in [1.165, 1.54) is 12.1 Å². The van der Waals surface area contributed by atoms with E-state index in [1.807, 2.05) is 0 Å². The van der Waals surface area contributed by atoms with Gasteiger partial charge in [0, 0.05) is 5.69 Å². The number of nitrogens with one attached hydrogen (secondary N) is 1. The van der Waals surface area contributed by atoms with E-state index >= 15 is 0 Å². The average Bonchev–Trinajstić information content (AvgIpc) is 2.02. The summed E-state index contributed by atoms with van der Waals surface area (Å²) < 4.78 is 47.4. The second-order valence-corrected chi connectivity index (χ2v) is 2.48. The van der Waals surface area contributed by atoms with Gasteiger partial charge < -0.3 is 5.32 Å². The minimum atomic E-state index is -4.26. The first-order valence-electron chi connectivity index (χ1n) is 3.53. The lowest BCUT2D eigenvalue weighted by atomic mass is 10.3. The lowest BCUT2D eigenvalue weighted by Crippen LogP contribution is -2.21. The molecule has 0 aliphatic carbocycles. The molecule has 1 rings (SSSR count). The van der Waals surface area contributed by atoms with Gasteiger partial charge in [-0.25, -0.2) is 4.39 Å². The van der Waals surface area contributed by atoms with Gasteiger partial charge in [0.1, 0.15) is 12.4 Å². The quantitative estimate of drug-likeness (QED) is 0.712. The third-order valence-electron chi connectivity index (χ3n) is 1.34. The zero-order valence-corrected chi connectivity index (χ0v) is 6.53. The monoisotopic (exact) mass is 193 g/mol. The van der Waals surface area contributed by atoms with E-state index in [0.717, 1.165) is 12.1 Å². The molecule has 0 fully saturated rings. The highest BCUT2D eigenvalue weighted by Crippen LogP contribution is 2.16. The number of benzene rings is 1. The number of anilines is 1. The summed E-state index contributed by atoms with van der Waals surface area (Å²) in [6, 6.07) is 4.69. The SMILES string of the molecule is Fc1ccc(NCC(F)(F)F)cc1. The Morgan fingerprint density at radius 3 is 2.08 bits per heavy atom. The van der Waals surface area contributed by atoms with Crippen molar-refractivity contribution in [2.45, 2.75) is 6.18 Å². The summed E-state index contributed by atoms with van der Waals surface area (Å²) in [5.41, 5.74) is 0.249. The van der Waals surface area contributed by atoms with Crippen molar-refractivity contribution in [3.63, 3.8) is 0 Å². The summed E-state index contributed by atoms with van der Waals surface area (Å²) >= 11 is 0. The highest BCUT2D eigenvalue weighted by Gasteiger charge is 2.26. The molecule has 0 aromatic heterocycles. The second kappa shape index (κ2) is 3.64. The van der Waals surface area contributed by atoms with Gasteiger partial charge in [0.25, 0.3) is 0 Å². The highest BCUT2D eigenvalue weighted by molar-refractivity contribution is 5.42. The topological polar surface area (TPSA) is 12.0 Å². The molecule has 1 aromatic rings. The van der Waals surface area contributed by atoms with Crippen LogP contribution in [-0.2, 0) is 0 Å². The zero-order valence-electron chi connectivity index (χ0n) is 6.53. The van der Waals surface area contributed by atoms with Crippen molar-refractivity contribution in [2.75, 3.05) is 11.9 Å². The standard InChI is InChI=1S/C8H7F4N/c9-6-1-3-7(4-2-6)13-5-8(10,11)12/h1-4,13H,5H2. The minimum Gasteiger partial charge on any atom is -0.376 e. The van der Waals surface area contributed by atoms with E-state index in [2.05, 4.69) is 5.32 Å². The largest absolute Gasteiger partial charge is 0.405 e. The molecular formula is C8H7F4N. The first kappa shape index (κ1) is 9.83. The van der Waals surface area contributed by atoms with E-state index in [9.17, 15) is 17.6 Å². The normalized spacial score (nSPS) is 11.4. The summed E-state index contributed by atoms with van der Waals surface area (Å²) in [5, 5.41) is 2.12. The van der Waals surface area contributed by atoms with Crippen LogP contribution in [0.25, 0.3) is 0 Å². The van der Waals surface area contributed by atoms with Gasteiger partial charge in [0.2, 0.25) is 0 Å². The molecule has 0 radical (unpaired) electrons. The van der Waals surface area contributed by atoms with E-state index in [1.54, 1.807) is 0 Å². The van der Waals surface area contributed by atoms with E-state index in [-0.39, 0.29) is 5.69 Å². The molecular weight excluding hydrogens is 186 g/mol. The third kappa shape index (κ3) is 3.78. The molecule has 1 N–H and O–H groups in total. The summed E-state index contributed by atoms with van der Waals surface area (Å²) in [4.78, 5) is 0. The number of hydrogen-bond acceptors (Lipinski definition) is 1. The van der Waals surface area contributed by atoms with Crippen molar-refractivity contribution in [2.24, 2.45) is 0 Å². The molecule has 0 saturated carbocycles. The Kier molecular flexibility index (Phi) is 2.75. The molecule has 1 nitrogen and oxygen atoms in total. The van der Waals surface area contributed by atoms with Crippen molar-refractivity contribution >= 4 is 5.69 Å². The molecule has 0 aliphatic heterocycles. The Morgan fingerprint density at radius 2 is 1.62 bits per heavy atom. The molecule has 1 aromatic carbocycles. The average molecular weight is 193 g/mol. The summed E-state index contributed by atoms with van der Waals surface area (Å²) in [7, 11) is 0. The molecule has 0 amide bonds. The maximum absolute atomic E-state index is 12.3. The van der Waals surface area contributed by atoms with Gasteiger partial charge in [-0.2, -0.15) is 13.2 Å². The third-order valence-corrected chi connectivity index (χ3v) is 1.34. The van der Waals surface area contributed by atoms with Crippen LogP contribution in [0, 0.1) is 5.82 Å². The zero-order chi connectivity index (χ0) is 9.90. The number of alkyl halides is 3. The van der Waals surface area contributed by atoms with Gasteiger partial charge in [-0.15, -0.1) is 0 Å². The first-order chi connectivity index (χ1) is 5.97. The van der Waals surface area contributed by atoms with E-state index in [4.69, 9.17) is 0 Å². The molecule has 0 aliphatic rings. The van der Waals surface area contributed by atoms with Crippen molar-refractivity contribution in [3.8, 4) is 0 Å². The fourth-order valence-corrected chi connectivity index (χ4v) is 0.770. The maximum Gasteiger partial charge on any atom is 0.405 e. The van der Waals surface area contributed by atoms with Gasteiger partial charge in [-0.3, -0.25) is 0 Å². The molecule has 0 spiro atoms. The fraction of sp³-hybridized carbons (Fsp3) is 0.250. The van der Waals surface area contributed by atoms with Crippen LogP contribution in [-0.4, -0.2) is 12.7 Å². The summed E-state index contributed by atoms with van der Waals surface area (Å²) in [6.45, 7) is -1.11. The van der Waals surface area contributed by atoms with Crippen molar-refractivity contribution in [3.05, 3.63) is 30.1 Å². The lowest BCUT2D eigenvalue weighted by Gasteiger charge is -2.08. The van der Waals surface area contributed by atoms with Gasteiger partial charge >= 0.3 is 6.18 Å². The molecule has 0 heterocycles. The van der Waals surface area contributed by atoms with Crippen LogP contribution in [0.2, 0.25) is 0 Å². The van der Waals surface area contributed by atoms with Gasteiger partial charge in [-0.1, -0.05) is 0 Å². The molecule has 13 heavy (non-hydrogen) atoms. The van der Waals surface area contributed by atoms with Crippen LogP contribution in [0.15, 0.2) is 24.3 Å². The highest BCUT2D eigenvalue weighted by atomic mass is 19.4. The van der Waals surface area contributed by atoms with Crippen LogP contribution in [0.3, 0.4) is 0 Å². The molecule has 0 unspecified atom stereocenters. The fourth-order valence-electron chi connectivity index (χ4n) is 0.770. The molecule has 0 bridgehead atoms. The van der Waals surface area contributed by atoms with Crippen molar-refractivity contribution in [1.82, 2.24) is 0 Å². The van der Waals surface area contributed by atoms with Crippen molar-refractivity contribution < 1.29 is 17.6 Å². The molecule has 72 valence electrons. The summed E-state index contributed by atoms with van der Waals surface area (Å²) in [6.07, 6.45) is -4.26. The van der Waals surface area contributed by atoms with Crippen LogP contribution in [0.1, 0.15) is 0 Å². The molecule has 0 atom stereocenters. The molecule has 0 saturated heterocycles. The minimum absolute atomic E-state index is 0.249. The van der Waals surface area contributed by atoms with Crippen LogP contribution in [0.5, 0.6) is 0 Å². The first-order valence-corrected chi connectivity index (χ1v) is 3.53. The Hall–Kier alpha value is -1.26. The maximum atomic E-state index is 12.3. The predicted molar refractivity (Wildman–Crippen MR) is 40.9 cm³/mol. The Morgan fingerprint density at radius 1 is 1.08 bits per heavy atom. The Balaban J connectivity index is 2.51. The number of halogens is 4. The van der Waals surface area contributed by atoms with E-state index < -0.39 is 18.5 Å². The smallest absolute Gasteiger partial charge is 0.376 e. The van der Waals surface area contributed by atoms with Gasteiger partial charge in [0.15, 0.2) is 0 Å². The predicted octanol–water partition coefficient (Wildman–Crippen LogP) is 2.80. The number of rotatable bonds is 2. The van der Waals surface area contributed by atoms with Crippen LogP contribution < -0.4 is 5.32 Å². The van der Waals surface area contributed by atoms with Gasteiger partial charge in [-0.05, 0) is 24.3 Å². The lowest BCUT2D eigenvalue weighted by molar-refractivity contribution is -0.115. The van der Waals surface area contributed by atoms with E-state index in [0.29, 0.717) is 0 Å². The summed E-state index contributed by atoms with van der Waals surface area (Å²) in [5.74, 6) is -0.474. The Bertz CT molecular complexity index is 264. The number of hydrogen-bond donors (Lipinski definition) is 1. The van der Waals surface area contributed by atoms with Crippen LogP contribution in [0.4, 0.5) is 23.2 Å².